The first-order valence-electron chi connectivity index (χ1n) is 9.76. The van der Waals surface area contributed by atoms with Crippen molar-refractivity contribution in [2.45, 2.75) is 32.9 Å². The van der Waals surface area contributed by atoms with Crippen LogP contribution in [0, 0.1) is 0 Å². The molecule has 1 N–H and O–H groups in total. The smallest absolute Gasteiger partial charge is 0.317 e. The molecule has 8 nitrogen and oxygen atoms in total. The second-order valence-corrected chi connectivity index (χ2v) is 7.51. The molecule has 0 aliphatic carbocycles. The number of aromatic nitrogens is 1. The van der Waals surface area contributed by atoms with Gasteiger partial charge in [0.25, 0.3) is 5.91 Å². The zero-order valence-corrected chi connectivity index (χ0v) is 17.1. The van der Waals surface area contributed by atoms with Gasteiger partial charge in [0.1, 0.15) is 5.52 Å². The Morgan fingerprint density at radius 3 is 2.61 bits per heavy atom. The lowest BCUT2D eigenvalue weighted by molar-refractivity contribution is 0.0827. The maximum atomic E-state index is 12.2. The van der Waals surface area contributed by atoms with E-state index < -0.39 is 0 Å². The molecule has 2 aromatic rings. The number of amides is 3. The maximum Gasteiger partial charge on any atom is 0.317 e. The van der Waals surface area contributed by atoms with E-state index in [0.29, 0.717) is 42.2 Å². The van der Waals surface area contributed by atoms with Crippen LogP contribution >= 0.6 is 0 Å². The normalized spacial score (nSPS) is 16.2. The number of nitrogens with zero attached hydrogens (tertiary/aromatic N) is 4. The maximum absolute atomic E-state index is 12.2. The predicted molar refractivity (Wildman–Crippen MR) is 107 cm³/mol. The summed E-state index contributed by atoms with van der Waals surface area (Å²) in [5.41, 5.74) is 1.96. The topological polar surface area (TPSA) is 81.9 Å². The van der Waals surface area contributed by atoms with Crippen molar-refractivity contribution in [1.82, 2.24) is 25.0 Å². The number of nitrogens with one attached hydrogen (secondary N) is 1. The van der Waals surface area contributed by atoms with Gasteiger partial charge in [-0.2, -0.15) is 0 Å². The summed E-state index contributed by atoms with van der Waals surface area (Å²) in [7, 11) is 3.45. The number of hydrogen-bond donors (Lipinski definition) is 1. The summed E-state index contributed by atoms with van der Waals surface area (Å²) in [5, 5.41) is 3.01. The summed E-state index contributed by atoms with van der Waals surface area (Å²) in [5.74, 6) is 0.570. The van der Waals surface area contributed by atoms with Crippen molar-refractivity contribution in [3.8, 4) is 0 Å². The van der Waals surface area contributed by atoms with Crippen molar-refractivity contribution >= 4 is 23.0 Å². The van der Waals surface area contributed by atoms with E-state index in [-0.39, 0.29) is 18.0 Å². The van der Waals surface area contributed by atoms with Crippen LogP contribution in [0.3, 0.4) is 0 Å². The number of carbonyl (C=O) groups is 2. The summed E-state index contributed by atoms with van der Waals surface area (Å²) in [4.78, 5) is 34.5. The average Bonchev–Trinajstić information content (AvgIpc) is 3.08. The fourth-order valence-electron chi connectivity index (χ4n) is 3.14. The van der Waals surface area contributed by atoms with E-state index >= 15 is 0 Å². The molecule has 1 atom stereocenters. The van der Waals surface area contributed by atoms with E-state index in [2.05, 4.69) is 22.1 Å². The Labute approximate surface area is 165 Å². The van der Waals surface area contributed by atoms with Gasteiger partial charge in [0.05, 0.1) is 6.54 Å². The van der Waals surface area contributed by atoms with Crippen molar-refractivity contribution < 1.29 is 14.0 Å². The van der Waals surface area contributed by atoms with E-state index in [1.807, 2.05) is 11.8 Å². The summed E-state index contributed by atoms with van der Waals surface area (Å²) in [6.07, 6.45) is 0.922. The molecule has 28 heavy (non-hydrogen) atoms. The second kappa shape index (κ2) is 8.60. The van der Waals surface area contributed by atoms with Gasteiger partial charge in [-0.05, 0) is 31.5 Å². The van der Waals surface area contributed by atoms with Crippen molar-refractivity contribution in [3.05, 3.63) is 29.7 Å². The van der Waals surface area contributed by atoms with Gasteiger partial charge in [0.15, 0.2) is 5.58 Å². The minimum absolute atomic E-state index is 0.00829. The fraction of sp³-hybridized carbons (Fsp3) is 0.550. The molecule has 0 radical (unpaired) electrons. The predicted octanol–water partition coefficient (Wildman–Crippen LogP) is 2.16. The summed E-state index contributed by atoms with van der Waals surface area (Å²) < 4.78 is 5.84. The molecule has 152 valence electrons. The number of benzene rings is 1. The lowest BCUT2D eigenvalue weighted by atomic mass is 10.2. The van der Waals surface area contributed by atoms with Gasteiger partial charge in [-0.3, -0.25) is 9.69 Å². The third kappa shape index (κ3) is 4.62. The van der Waals surface area contributed by atoms with E-state index in [9.17, 15) is 9.59 Å². The standard InChI is InChI=1S/C20H29N5O3/c1-5-14(2)21-20(27)25-10-8-24(9-11-25)13-18-22-16-12-15(19(26)23(3)4)6-7-17(16)28-18/h6-7,12,14H,5,8-11,13H2,1-4H3,(H,21,27). The summed E-state index contributed by atoms with van der Waals surface area (Å²) >= 11 is 0. The Morgan fingerprint density at radius 1 is 1.25 bits per heavy atom. The van der Waals surface area contributed by atoms with Crippen LogP contribution in [0.15, 0.2) is 22.6 Å². The molecule has 0 spiro atoms. The first kappa shape index (κ1) is 20.1. The molecule has 1 saturated heterocycles. The highest BCUT2D eigenvalue weighted by Gasteiger charge is 2.23. The van der Waals surface area contributed by atoms with Gasteiger partial charge in [-0.1, -0.05) is 6.92 Å². The monoisotopic (exact) mass is 387 g/mol. The Balaban J connectivity index is 1.58. The fourth-order valence-corrected chi connectivity index (χ4v) is 3.14. The minimum Gasteiger partial charge on any atom is -0.439 e. The number of urea groups is 1. The van der Waals surface area contributed by atoms with Crippen LogP contribution in [0.2, 0.25) is 0 Å². The van der Waals surface area contributed by atoms with Crippen LogP contribution in [0.25, 0.3) is 11.1 Å². The molecule has 1 aliphatic rings. The van der Waals surface area contributed by atoms with Gasteiger partial charge >= 0.3 is 6.03 Å². The number of piperazine rings is 1. The number of fused-ring (bicyclic) bond motifs is 1. The van der Waals surface area contributed by atoms with Crippen LogP contribution < -0.4 is 5.32 Å². The van der Waals surface area contributed by atoms with Crippen LogP contribution in [0.1, 0.15) is 36.5 Å². The number of rotatable bonds is 5. The first-order chi connectivity index (χ1) is 13.4. The Bertz CT molecular complexity index is 839. The highest BCUT2D eigenvalue weighted by atomic mass is 16.3. The molecule has 3 amide bonds. The SMILES string of the molecule is CCC(C)NC(=O)N1CCN(Cc2nc3cc(C(=O)N(C)C)ccc3o2)CC1. The van der Waals surface area contributed by atoms with Crippen molar-refractivity contribution in [2.75, 3.05) is 40.3 Å². The van der Waals surface area contributed by atoms with Crippen LogP contribution in [-0.4, -0.2) is 77.9 Å². The zero-order valence-electron chi connectivity index (χ0n) is 17.1. The molecule has 0 saturated carbocycles. The quantitative estimate of drug-likeness (QED) is 0.850. The molecule has 1 fully saturated rings. The lowest BCUT2D eigenvalue weighted by Gasteiger charge is -2.34. The van der Waals surface area contributed by atoms with Crippen molar-refractivity contribution in [2.24, 2.45) is 0 Å². The van der Waals surface area contributed by atoms with Gasteiger partial charge in [0, 0.05) is 51.9 Å². The molecular formula is C20H29N5O3. The van der Waals surface area contributed by atoms with Crippen LogP contribution in [0.5, 0.6) is 0 Å². The Morgan fingerprint density at radius 2 is 1.96 bits per heavy atom. The third-order valence-corrected chi connectivity index (χ3v) is 5.09. The van der Waals surface area contributed by atoms with E-state index in [0.717, 1.165) is 19.5 Å². The van der Waals surface area contributed by atoms with Crippen LogP contribution in [-0.2, 0) is 6.54 Å². The first-order valence-corrected chi connectivity index (χ1v) is 9.76. The molecule has 1 aliphatic heterocycles. The van der Waals surface area contributed by atoms with Crippen molar-refractivity contribution in [3.63, 3.8) is 0 Å². The molecule has 1 aromatic heterocycles. The highest BCUT2D eigenvalue weighted by molar-refractivity contribution is 5.96. The molecule has 3 rings (SSSR count). The molecule has 1 unspecified atom stereocenters. The van der Waals surface area contributed by atoms with Crippen LogP contribution in [0.4, 0.5) is 4.79 Å². The second-order valence-electron chi connectivity index (χ2n) is 7.51. The zero-order chi connectivity index (χ0) is 20.3. The highest BCUT2D eigenvalue weighted by Crippen LogP contribution is 2.19. The van der Waals surface area contributed by atoms with Gasteiger partial charge < -0.3 is 19.5 Å². The van der Waals surface area contributed by atoms with E-state index in [4.69, 9.17) is 4.42 Å². The number of oxazole rings is 1. The minimum atomic E-state index is -0.0572. The molecule has 1 aromatic carbocycles. The molecule has 8 heteroatoms. The largest absolute Gasteiger partial charge is 0.439 e. The Hall–Kier alpha value is -2.61. The molecule has 0 bridgehead atoms. The number of hydrogen-bond acceptors (Lipinski definition) is 5. The molecule has 2 heterocycles. The molecular weight excluding hydrogens is 358 g/mol. The summed E-state index contributed by atoms with van der Waals surface area (Å²) in [6, 6.07) is 5.51. The third-order valence-electron chi connectivity index (χ3n) is 5.09. The van der Waals surface area contributed by atoms with E-state index in [1.54, 1.807) is 37.2 Å². The van der Waals surface area contributed by atoms with Gasteiger partial charge in [0.2, 0.25) is 5.89 Å². The van der Waals surface area contributed by atoms with Gasteiger partial charge in [-0.25, -0.2) is 9.78 Å². The van der Waals surface area contributed by atoms with Crippen molar-refractivity contribution in [1.29, 1.82) is 0 Å². The van der Waals surface area contributed by atoms with E-state index in [1.165, 1.54) is 0 Å². The number of carbonyl (C=O) groups excluding carboxylic acids is 2. The summed E-state index contributed by atoms with van der Waals surface area (Å²) in [6.45, 7) is 7.58. The lowest BCUT2D eigenvalue weighted by Crippen LogP contribution is -2.52. The van der Waals surface area contributed by atoms with Gasteiger partial charge in [-0.15, -0.1) is 0 Å². The average molecular weight is 387 g/mol. The Kier molecular flexibility index (Phi) is 6.18.